The van der Waals surface area contributed by atoms with Crippen molar-refractivity contribution in [1.82, 2.24) is 25.5 Å². The van der Waals surface area contributed by atoms with Crippen LogP contribution in [0.1, 0.15) is 43.7 Å². The first kappa shape index (κ1) is 29.1. The molecule has 1 aromatic heterocycles. The van der Waals surface area contributed by atoms with E-state index in [4.69, 9.17) is 14.2 Å². The number of aromatic nitrogens is 4. The maximum atomic E-state index is 14.3. The molecule has 1 fully saturated rings. The molecule has 0 spiro atoms. The molecule has 4 aromatic rings. The van der Waals surface area contributed by atoms with E-state index in [1.54, 1.807) is 49.6 Å². The first-order chi connectivity index (χ1) is 21.5. The summed E-state index contributed by atoms with van der Waals surface area (Å²) < 4.78 is 30.3. The van der Waals surface area contributed by atoms with Crippen molar-refractivity contribution in [3.63, 3.8) is 0 Å². The van der Waals surface area contributed by atoms with Crippen molar-refractivity contribution in [2.75, 3.05) is 25.2 Å². The van der Waals surface area contributed by atoms with Crippen LogP contribution in [-0.4, -0.2) is 58.4 Å². The van der Waals surface area contributed by atoms with E-state index in [0.717, 1.165) is 36.9 Å². The molecule has 44 heavy (non-hydrogen) atoms. The number of fused-ring (bicyclic) bond motifs is 1. The Morgan fingerprint density at radius 2 is 1.73 bits per heavy atom. The number of anilines is 1. The van der Waals surface area contributed by atoms with Crippen molar-refractivity contribution in [2.45, 2.75) is 50.7 Å². The summed E-state index contributed by atoms with van der Waals surface area (Å²) in [6, 6.07) is 16.9. The molecule has 1 aliphatic heterocycles. The van der Waals surface area contributed by atoms with Crippen LogP contribution in [0.25, 0.3) is 11.4 Å². The molecule has 6 rings (SSSR count). The summed E-state index contributed by atoms with van der Waals surface area (Å²) in [6.45, 7) is 0.469. The molecule has 0 radical (unpaired) electrons. The van der Waals surface area contributed by atoms with E-state index in [2.05, 4.69) is 20.7 Å². The summed E-state index contributed by atoms with van der Waals surface area (Å²) in [7, 11) is 1.57. The topological polar surface area (TPSA) is 121 Å². The van der Waals surface area contributed by atoms with Crippen LogP contribution in [0.4, 0.5) is 10.1 Å². The predicted molar refractivity (Wildman–Crippen MR) is 159 cm³/mol. The van der Waals surface area contributed by atoms with Crippen LogP contribution in [0, 0.1) is 5.82 Å². The summed E-state index contributed by atoms with van der Waals surface area (Å²) in [5, 5.41) is 15.7. The lowest BCUT2D eigenvalue weighted by molar-refractivity contribution is -0.127. The highest BCUT2D eigenvalue weighted by Crippen LogP contribution is 2.37. The number of hydrogen-bond donors (Lipinski definition) is 1. The van der Waals surface area contributed by atoms with Gasteiger partial charge in [-0.05, 0) is 72.1 Å². The molecule has 12 heteroatoms. The number of nitrogens with one attached hydrogen (secondary N) is 1. The second kappa shape index (κ2) is 13.1. The van der Waals surface area contributed by atoms with Gasteiger partial charge in [0, 0.05) is 23.4 Å². The Morgan fingerprint density at radius 3 is 2.45 bits per heavy atom. The summed E-state index contributed by atoms with van der Waals surface area (Å²) in [5.74, 6) is 0.755. The van der Waals surface area contributed by atoms with Crippen LogP contribution >= 0.6 is 0 Å². The van der Waals surface area contributed by atoms with E-state index in [1.165, 1.54) is 29.2 Å². The quantitative estimate of drug-likeness (QED) is 0.299. The maximum Gasteiger partial charge on any atom is 0.251 e. The van der Waals surface area contributed by atoms with Gasteiger partial charge >= 0.3 is 0 Å². The Hall–Kier alpha value is -5.00. The van der Waals surface area contributed by atoms with Gasteiger partial charge in [0.15, 0.2) is 11.5 Å². The fraction of sp³-hybridized carbons (Fsp3) is 0.344. The van der Waals surface area contributed by atoms with E-state index in [9.17, 15) is 14.0 Å². The van der Waals surface area contributed by atoms with Gasteiger partial charge in [0.1, 0.15) is 37.4 Å². The van der Waals surface area contributed by atoms with E-state index in [0.29, 0.717) is 47.3 Å². The molecular weight excluding hydrogens is 567 g/mol. The third kappa shape index (κ3) is 6.48. The molecule has 2 aliphatic rings. The molecule has 1 N–H and O–H groups in total. The Kier molecular flexibility index (Phi) is 8.67. The van der Waals surface area contributed by atoms with E-state index in [1.807, 2.05) is 0 Å². The van der Waals surface area contributed by atoms with Crippen LogP contribution in [0.15, 0.2) is 66.7 Å². The minimum Gasteiger partial charge on any atom is -0.497 e. The van der Waals surface area contributed by atoms with Gasteiger partial charge in [-0.25, -0.2) is 4.39 Å². The monoisotopic (exact) mass is 600 g/mol. The Balaban J connectivity index is 1.38. The second-order valence-corrected chi connectivity index (χ2v) is 10.8. The smallest absolute Gasteiger partial charge is 0.251 e. The van der Waals surface area contributed by atoms with Gasteiger partial charge in [0.2, 0.25) is 11.7 Å². The average molecular weight is 601 g/mol. The second-order valence-electron chi connectivity index (χ2n) is 10.8. The summed E-state index contributed by atoms with van der Waals surface area (Å²) in [5.41, 5.74) is 1.59. The minimum absolute atomic E-state index is 0.0180. The third-order valence-corrected chi connectivity index (χ3v) is 7.79. The number of methoxy groups -OCH3 is 1. The van der Waals surface area contributed by atoms with Crippen LogP contribution < -0.4 is 24.4 Å². The highest BCUT2D eigenvalue weighted by molar-refractivity contribution is 6.01. The van der Waals surface area contributed by atoms with Gasteiger partial charge in [-0.3, -0.25) is 14.5 Å². The molecule has 2 amide bonds. The van der Waals surface area contributed by atoms with Gasteiger partial charge in [-0.2, -0.15) is 4.80 Å². The molecule has 1 atom stereocenters. The highest BCUT2D eigenvalue weighted by atomic mass is 19.1. The third-order valence-electron chi connectivity index (χ3n) is 7.79. The summed E-state index contributed by atoms with van der Waals surface area (Å²) >= 11 is 0. The Labute approximate surface area is 253 Å². The fourth-order valence-electron chi connectivity index (χ4n) is 5.57. The number of hydrogen-bond acceptors (Lipinski definition) is 8. The molecule has 0 saturated heterocycles. The number of carbonyl (C=O) groups excluding carboxylic acids is 2. The molecule has 0 bridgehead atoms. The van der Waals surface area contributed by atoms with Gasteiger partial charge in [0.25, 0.3) is 5.91 Å². The van der Waals surface area contributed by atoms with E-state index >= 15 is 0 Å². The maximum absolute atomic E-state index is 14.3. The Bertz CT molecular complexity index is 1600. The van der Waals surface area contributed by atoms with Gasteiger partial charge < -0.3 is 19.5 Å². The molecule has 1 aliphatic carbocycles. The zero-order valence-electron chi connectivity index (χ0n) is 24.3. The number of halogens is 1. The first-order valence-corrected chi connectivity index (χ1v) is 14.7. The number of amides is 2. The van der Waals surface area contributed by atoms with Crippen LogP contribution in [0.2, 0.25) is 0 Å². The number of ether oxygens (including phenoxy) is 3. The van der Waals surface area contributed by atoms with Crippen molar-refractivity contribution >= 4 is 17.5 Å². The van der Waals surface area contributed by atoms with Crippen LogP contribution in [0.3, 0.4) is 0 Å². The first-order valence-electron chi connectivity index (χ1n) is 14.7. The van der Waals surface area contributed by atoms with Crippen molar-refractivity contribution in [3.8, 4) is 28.6 Å². The SMILES string of the molecule is COc1ccc(C(C(=O)NC2CCCCC2)N(C(=O)Cn2nnc(-c3ccc(F)cc3)n2)c2ccc3c(c2)OCCO3)cc1. The minimum atomic E-state index is -1.03. The average Bonchev–Trinajstić information content (AvgIpc) is 3.52. The van der Waals surface area contributed by atoms with Crippen molar-refractivity contribution in [3.05, 3.63) is 78.1 Å². The molecule has 1 saturated carbocycles. The lowest BCUT2D eigenvalue weighted by atomic mass is 9.94. The van der Waals surface area contributed by atoms with Gasteiger partial charge in [-0.15, -0.1) is 10.2 Å². The lowest BCUT2D eigenvalue weighted by Gasteiger charge is -2.34. The van der Waals surface area contributed by atoms with Gasteiger partial charge in [-0.1, -0.05) is 31.4 Å². The molecule has 2 heterocycles. The normalized spacial score (nSPS) is 15.3. The van der Waals surface area contributed by atoms with E-state index in [-0.39, 0.29) is 30.1 Å². The zero-order valence-corrected chi connectivity index (χ0v) is 24.3. The van der Waals surface area contributed by atoms with Crippen LogP contribution in [0.5, 0.6) is 17.2 Å². The Morgan fingerprint density at radius 1 is 1.00 bits per heavy atom. The van der Waals surface area contributed by atoms with Crippen molar-refractivity contribution in [2.24, 2.45) is 0 Å². The number of benzene rings is 3. The van der Waals surface area contributed by atoms with Crippen molar-refractivity contribution < 1.29 is 28.2 Å². The standard InChI is InChI=1S/C32H33FN6O5/c1-42-26-14-9-21(10-15-26)30(32(41)34-24-5-3-2-4-6-24)39(25-13-16-27-28(19-25)44-18-17-43-27)29(40)20-38-36-31(35-37-38)22-7-11-23(33)12-8-22/h7-16,19,24,30H,2-6,17-18,20H2,1H3,(H,34,41). The largest absolute Gasteiger partial charge is 0.497 e. The number of tetrazole rings is 1. The van der Waals surface area contributed by atoms with Crippen molar-refractivity contribution in [1.29, 1.82) is 0 Å². The molecular formula is C32H33FN6O5. The highest BCUT2D eigenvalue weighted by Gasteiger charge is 2.35. The fourth-order valence-corrected chi connectivity index (χ4v) is 5.57. The number of rotatable bonds is 9. The molecule has 11 nitrogen and oxygen atoms in total. The van der Waals surface area contributed by atoms with Gasteiger partial charge in [0.05, 0.1) is 7.11 Å². The summed E-state index contributed by atoms with van der Waals surface area (Å²) in [6.07, 6.45) is 4.98. The predicted octanol–water partition coefficient (Wildman–Crippen LogP) is 4.48. The lowest BCUT2D eigenvalue weighted by Crippen LogP contribution is -2.48. The zero-order chi connectivity index (χ0) is 30.5. The van der Waals surface area contributed by atoms with Crippen LogP contribution in [-0.2, 0) is 16.1 Å². The number of nitrogens with zero attached hydrogens (tertiary/aromatic N) is 5. The van der Waals surface area contributed by atoms with E-state index < -0.39 is 11.9 Å². The molecule has 1 unspecified atom stereocenters. The molecule has 228 valence electrons. The summed E-state index contributed by atoms with van der Waals surface area (Å²) in [4.78, 5) is 31.1. The molecule has 3 aromatic carbocycles. The number of carbonyl (C=O) groups is 2.